The average molecular weight is 341 g/mol. The molecule has 0 bridgehead atoms. The standard InChI is InChI=1S/C17H19N5O3/c1-3-12-7-16(23)22-15(18-12)8-13(19-22)11-4-5-21(9-11)17(24)14-6-10(2)20-25-14/h6-8,11,19H,3-5,9H2,1-2H3. The minimum absolute atomic E-state index is 0.115. The van der Waals surface area contributed by atoms with Crippen LogP contribution in [0.15, 0.2) is 27.5 Å². The number of aromatic nitrogens is 4. The summed E-state index contributed by atoms with van der Waals surface area (Å²) in [5, 5.41) is 6.89. The molecule has 0 saturated carbocycles. The maximum atomic E-state index is 12.5. The van der Waals surface area contributed by atoms with Crippen molar-refractivity contribution in [2.24, 2.45) is 0 Å². The topological polar surface area (TPSA) is 96.5 Å². The Morgan fingerprint density at radius 3 is 2.96 bits per heavy atom. The smallest absolute Gasteiger partial charge is 0.292 e. The first-order valence-electron chi connectivity index (χ1n) is 8.39. The zero-order valence-corrected chi connectivity index (χ0v) is 14.2. The van der Waals surface area contributed by atoms with E-state index in [9.17, 15) is 9.59 Å². The number of amides is 1. The Labute approximate surface area is 143 Å². The lowest BCUT2D eigenvalue weighted by molar-refractivity contribution is 0.0749. The molecule has 0 aromatic carbocycles. The van der Waals surface area contributed by atoms with Crippen molar-refractivity contribution in [2.75, 3.05) is 13.1 Å². The number of hydrogen-bond acceptors (Lipinski definition) is 5. The number of hydrogen-bond donors (Lipinski definition) is 1. The van der Waals surface area contributed by atoms with Gasteiger partial charge in [-0.05, 0) is 19.8 Å². The van der Waals surface area contributed by atoms with Gasteiger partial charge in [0, 0.05) is 48.6 Å². The molecule has 3 aromatic heterocycles. The van der Waals surface area contributed by atoms with Crippen LogP contribution in [0.3, 0.4) is 0 Å². The van der Waals surface area contributed by atoms with Gasteiger partial charge in [0.2, 0.25) is 5.76 Å². The number of rotatable bonds is 3. The molecule has 3 aromatic rings. The van der Waals surface area contributed by atoms with Gasteiger partial charge in [0.25, 0.3) is 11.5 Å². The zero-order chi connectivity index (χ0) is 17.6. The van der Waals surface area contributed by atoms with Gasteiger partial charge in [-0.15, -0.1) is 0 Å². The molecule has 0 spiro atoms. The molecule has 1 aliphatic rings. The quantitative estimate of drug-likeness (QED) is 0.779. The summed E-state index contributed by atoms with van der Waals surface area (Å²) in [6, 6.07) is 5.09. The van der Waals surface area contributed by atoms with Crippen LogP contribution in [0, 0.1) is 6.92 Å². The van der Waals surface area contributed by atoms with E-state index in [4.69, 9.17) is 4.52 Å². The molecule has 0 aliphatic carbocycles. The second kappa shape index (κ2) is 5.87. The van der Waals surface area contributed by atoms with E-state index in [2.05, 4.69) is 15.2 Å². The molecule has 1 amide bonds. The van der Waals surface area contributed by atoms with E-state index in [0.717, 1.165) is 17.8 Å². The third kappa shape index (κ3) is 2.73. The number of likely N-dealkylation sites (tertiary alicyclic amines) is 1. The molecule has 130 valence electrons. The molecule has 1 saturated heterocycles. The van der Waals surface area contributed by atoms with Crippen LogP contribution in [0.25, 0.3) is 5.65 Å². The number of nitrogens with zero attached hydrogens (tertiary/aromatic N) is 4. The number of carbonyl (C=O) groups excluding carboxylic acids is 1. The first-order valence-corrected chi connectivity index (χ1v) is 8.39. The Bertz CT molecular complexity index is 999. The van der Waals surface area contributed by atoms with E-state index in [1.807, 2.05) is 13.0 Å². The number of fused-ring (bicyclic) bond motifs is 1. The molecule has 4 heterocycles. The molecule has 1 atom stereocenters. The second-order valence-corrected chi connectivity index (χ2v) is 6.41. The van der Waals surface area contributed by atoms with E-state index >= 15 is 0 Å². The van der Waals surface area contributed by atoms with Crippen molar-refractivity contribution < 1.29 is 9.32 Å². The highest BCUT2D eigenvalue weighted by Crippen LogP contribution is 2.27. The fourth-order valence-corrected chi connectivity index (χ4v) is 3.27. The van der Waals surface area contributed by atoms with Gasteiger partial charge < -0.3 is 9.42 Å². The third-order valence-corrected chi connectivity index (χ3v) is 4.64. The summed E-state index contributed by atoms with van der Waals surface area (Å²) in [5.41, 5.74) is 2.89. The average Bonchev–Trinajstić information content (AvgIpc) is 3.32. The van der Waals surface area contributed by atoms with Crippen LogP contribution in [0.1, 0.15) is 46.9 Å². The monoisotopic (exact) mass is 341 g/mol. The molecule has 8 heteroatoms. The summed E-state index contributed by atoms with van der Waals surface area (Å²) in [6.07, 6.45) is 1.54. The Balaban J connectivity index is 1.57. The molecule has 25 heavy (non-hydrogen) atoms. The number of aromatic amines is 1. The number of H-pyrrole nitrogens is 1. The van der Waals surface area contributed by atoms with Crippen LogP contribution in [-0.4, -0.2) is 43.7 Å². The Morgan fingerprint density at radius 1 is 1.40 bits per heavy atom. The summed E-state index contributed by atoms with van der Waals surface area (Å²) >= 11 is 0. The molecule has 1 fully saturated rings. The highest BCUT2D eigenvalue weighted by molar-refractivity contribution is 5.91. The Hall–Kier alpha value is -2.90. The van der Waals surface area contributed by atoms with Crippen LogP contribution in [0.4, 0.5) is 0 Å². The van der Waals surface area contributed by atoms with Gasteiger partial charge in [-0.3, -0.25) is 14.7 Å². The maximum Gasteiger partial charge on any atom is 0.292 e. The van der Waals surface area contributed by atoms with Gasteiger partial charge in [-0.2, -0.15) is 0 Å². The summed E-state index contributed by atoms with van der Waals surface area (Å²) in [7, 11) is 0. The summed E-state index contributed by atoms with van der Waals surface area (Å²) in [4.78, 5) is 30.8. The van der Waals surface area contributed by atoms with Gasteiger partial charge in [-0.25, -0.2) is 9.50 Å². The SMILES string of the molecule is CCc1cc(=O)n2[nH]c(C3CCN(C(=O)c4cc(C)no4)C3)cc2n1. The van der Waals surface area contributed by atoms with E-state index < -0.39 is 0 Å². The van der Waals surface area contributed by atoms with Gasteiger partial charge in [0.15, 0.2) is 5.65 Å². The minimum atomic E-state index is -0.150. The molecule has 1 N–H and O–H groups in total. The minimum Gasteiger partial charge on any atom is -0.351 e. The fraction of sp³-hybridized carbons (Fsp3) is 0.412. The van der Waals surface area contributed by atoms with Crippen LogP contribution in [0.2, 0.25) is 0 Å². The van der Waals surface area contributed by atoms with Crippen LogP contribution >= 0.6 is 0 Å². The lowest BCUT2D eigenvalue weighted by Crippen LogP contribution is -2.28. The van der Waals surface area contributed by atoms with E-state index in [-0.39, 0.29) is 23.1 Å². The molecular formula is C17H19N5O3. The molecular weight excluding hydrogens is 322 g/mol. The largest absolute Gasteiger partial charge is 0.351 e. The zero-order valence-electron chi connectivity index (χ0n) is 14.2. The van der Waals surface area contributed by atoms with Gasteiger partial charge in [0.1, 0.15) is 0 Å². The third-order valence-electron chi connectivity index (χ3n) is 4.64. The highest BCUT2D eigenvalue weighted by atomic mass is 16.5. The van der Waals surface area contributed by atoms with Crippen LogP contribution in [0.5, 0.6) is 0 Å². The molecule has 0 radical (unpaired) electrons. The number of nitrogens with one attached hydrogen (secondary N) is 1. The lowest BCUT2D eigenvalue weighted by atomic mass is 10.1. The van der Waals surface area contributed by atoms with Gasteiger partial charge in [-0.1, -0.05) is 12.1 Å². The predicted octanol–water partition coefficient (Wildman–Crippen LogP) is 1.51. The number of carbonyl (C=O) groups is 1. The first-order chi connectivity index (χ1) is 12.0. The van der Waals surface area contributed by atoms with Gasteiger partial charge >= 0.3 is 0 Å². The first kappa shape index (κ1) is 15.6. The second-order valence-electron chi connectivity index (χ2n) is 6.41. The summed E-state index contributed by atoms with van der Waals surface area (Å²) in [5.74, 6) is 0.252. The molecule has 4 rings (SSSR count). The van der Waals surface area contributed by atoms with Crippen molar-refractivity contribution in [2.45, 2.75) is 32.6 Å². The highest BCUT2D eigenvalue weighted by Gasteiger charge is 2.31. The van der Waals surface area contributed by atoms with E-state index in [1.54, 1.807) is 24.0 Å². The van der Waals surface area contributed by atoms with Crippen molar-refractivity contribution in [3.8, 4) is 0 Å². The predicted molar refractivity (Wildman–Crippen MR) is 89.7 cm³/mol. The normalized spacial score (nSPS) is 17.5. The summed E-state index contributed by atoms with van der Waals surface area (Å²) < 4.78 is 6.52. The van der Waals surface area contributed by atoms with Crippen LogP contribution in [-0.2, 0) is 6.42 Å². The molecule has 1 unspecified atom stereocenters. The van der Waals surface area contributed by atoms with E-state index in [1.165, 1.54) is 4.52 Å². The van der Waals surface area contributed by atoms with Crippen molar-refractivity contribution >= 4 is 11.6 Å². The van der Waals surface area contributed by atoms with Crippen molar-refractivity contribution in [1.29, 1.82) is 0 Å². The van der Waals surface area contributed by atoms with Crippen molar-refractivity contribution in [3.63, 3.8) is 0 Å². The maximum absolute atomic E-state index is 12.5. The summed E-state index contributed by atoms with van der Waals surface area (Å²) in [6.45, 7) is 4.96. The Morgan fingerprint density at radius 2 is 2.24 bits per heavy atom. The van der Waals surface area contributed by atoms with Crippen LogP contribution < -0.4 is 5.56 Å². The van der Waals surface area contributed by atoms with Crippen molar-refractivity contribution in [1.82, 2.24) is 24.7 Å². The lowest BCUT2D eigenvalue weighted by Gasteiger charge is -2.13. The van der Waals surface area contributed by atoms with Gasteiger partial charge in [0.05, 0.1) is 5.69 Å². The Kier molecular flexibility index (Phi) is 3.67. The van der Waals surface area contributed by atoms with E-state index in [0.29, 0.717) is 30.9 Å². The van der Waals surface area contributed by atoms with Crippen molar-refractivity contribution in [3.05, 3.63) is 51.4 Å². The molecule has 8 nitrogen and oxygen atoms in total. The number of aryl methyl sites for hydroxylation is 2. The fourth-order valence-electron chi connectivity index (χ4n) is 3.27. The molecule has 1 aliphatic heterocycles.